The lowest BCUT2D eigenvalue weighted by molar-refractivity contribution is -0.113. The number of carbonyl (C=O) groups is 1. The highest BCUT2D eigenvalue weighted by atomic mass is 35.5. The third kappa shape index (κ3) is 4.90. The Bertz CT molecular complexity index is 1340. The summed E-state index contributed by atoms with van der Waals surface area (Å²) in [6, 6.07) is 10.9. The van der Waals surface area contributed by atoms with E-state index in [4.69, 9.17) is 16.3 Å². The van der Waals surface area contributed by atoms with Crippen LogP contribution in [0.4, 0.5) is 5.13 Å². The van der Waals surface area contributed by atoms with Crippen LogP contribution in [0.5, 0.6) is 0 Å². The third-order valence-electron chi connectivity index (χ3n) is 4.52. The molecule has 1 amide bonds. The molecule has 0 fully saturated rings. The lowest BCUT2D eigenvalue weighted by Gasteiger charge is -2.12. The second-order valence-electron chi connectivity index (χ2n) is 6.83. The Morgan fingerprint density at radius 3 is 2.87 bits per heavy atom. The summed E-state index contributed by atoms with van der Waals surface area (Å²) in [7, 11) is 1.57. The van der Waals surface area contributed by atoms with Crippen molar-refractivity contribution in [2.75, 3.05) is 24.8 Å². The average molecular weight is 475 g/mol. The fraction of sp³-hybridized carbons (Fsp3) is 0.238. The number of aromatic nitrogens is 3. The maximum absolute atomic E-state index is 12.9. The van der Waals surface area contributed by atoms with Gasteiger partial charge in [-0.3, -0.25) is 14.2 Å². The van der Waals surface area contributed by atoms with E-state index in [1.165, 1.54) is 27.7 Å². The summed E-state index contributed by atoms with van der Waals surface area (Å²) < 4.78 is 7.67. The summed E-state index contributed by atoms with van der Waals surface area (Å²) in [4.78, 5) is 34.5. The van der Waals surface area contributed by atoms with Crippen molar-refractivity contribution < 1.29 is 9.53 Å². The number of amides is 1. The number of nitrogens with one attached hydrogen (secondary N) is 1. The molecule has 0 bridgehead atoms. The summed E-state index contributed by atoms with van der Waals surface area (Å²) in [5.74, 6) is -0.139. The molecule has 31 heavy (non-hydrogen) atoms. The first-order chi connectivity index (χ1) is 14.9. The van der Waals surface area contributed by atoms with Crippen LogP contribution in [0, 0.1) is 6.92 Å². The smallest absolute Gasteiger partial charge is 0.262 e. The molecule has 0 aliphatic carbocycles. The van der Waals surface area contributed by atoms with Crippen LogP contribution in [-0.2, 0) is 16.1 Å². The van der Waals surface area contributed by atoms with E-state index >= 15 is 0 Å². The second kappa shape index (κ2) is 9.35. The first kappa shape index (κ1) is 21.8. The monoisotopic (exact) mass is 474 g/mol. The van der Waals surface area contributed by atoms with Gasteiger partial charge in [-0.05, 0) is 42.8 Å². The second-order valence-corrected chi connectivity index (χ2v) is 9.24. The minimum absolute atomic E-state index is 0.0838. The number of thiazole rings is 1. The van der Waals surface area contributed by atoms with Crippen molar-refractivity contribution in [1.29, 1.82) is 0 Å². The number of aryl methyl sites for hydroxylation is 1. The number of thioether (sulfide) groups is 1. The molecule has 160 valence electrons. The number of hydrogen-bond acceptors (Lipinski definition) is 7. The van der Waals surface area contributed by atoms with Crippen molar-refractivity contribution >= 4 is 66.9 Å². The average Bonchev–Trinajstić information content (AvgIpc) is 3.12. The lowest BCUT2D eigenvalue weighted by atomic mass is 10.2. The van der Waals surface area contributed by atoms with E-state index in [-0.39, 0.29) is 17.2 Å². The van der Waals surface area contributed by atoms with Gasteiger partial charge in [-0.15, -0.1) is 0 Å². The van der Waals surface area contributed by atoms with Gasteiger partial charge in [-0.2, -0.15) is 0 Å². The van der Waals surface area contributed by atoms with Crippen LogP contribution in [-0.4, -0.2) is 39.9 Å². The van der Waals surface area contributed by atoms with Crippen molar-refractivity contribution in [2.45, 2.75) is 18.6 Å². The Balaban J connectivity index is 1.55. The maximum atomic E-state index is 12.9. The van der Waals surface area contributed by atoms with Gasteiger partial charge in [0.1, 0.15) is 0 Å². The van der Waals surface area contributed by atoms with Gasteiger partial charge in [-0.25, -0.2) is 9.97 Å². The molecule has 1 N–H and O–H groups in total. The van der Waals surface area contributed by atoms with Crippen molar-refractivity contribution in [3.63, 3.8) is 0 Å². The first-order valence-corrected chi connectivity index (χ1v) is 11.6. The molecule has 0 radical (unpaired) electrons. The van der Waals surface area contributed by atoms with Crippen molar-refractivity contribution in [1.82, 2.24) is 14.5 Å². The predicted molar refractivity (Wildman–Crippen MR) is 127 cm³/mol. The number of rotatable bonds is 7. The fourth-order valence-electron chi connectivity index (χ4n) is 3.03. The molecule has 0 atom stereocenters. The zero-order valence-electron chi connectivity index (χ0n) is 16.8. The molecular formula is C21H19ClN4O3S2. The molecule has 7 nitrogen and oxygen atoms in total. The van der Waals surface area contributed by atoms with E-state index in [1.54, 1.807) is 25.3 Å². The summed E-state index contributed by atoms with van der Waals surface area (Å²) in [6.07, 6.45) is 0. The Kier molecular flexibility index (Phi) is 6.57. The van der Waals surface area contributed by atoms with E-state index in [1.807, 2.05) is 25.1 Å². The SMILES string of the molecule is COCCn1c(SCC(=O)Nc2nc3ccc(C)cc3s2)nc2cc(Cl)ccc2c1=O. The van der Waals surface area contributed by atoms with Gasteiger partial charge in [0.2, 0.25) is 5.91 Å². The quantitative estimate of drug-likeness (QED) is 0.316. The number of halogens is 1. The molecule has 4 aromatic rings. The van der Waals surface area contributed by atoms with Crippen LogP contribution in [0.25, 0.3) is 21.1 Å². The topological polar surface area (TPSA) is 86.1 Å². The Morgan fingerprint density at radius 2 is 2.06 bits per heavy atom. The Hall–Kier alpha value is -2.46. The van der Waals surface area contributed by atoms with Crippen LogP contribution in [0.15, 0.2) is 46.3 Å². The Morgan fingerprint density at radius 1 is 1.23 bits per heavy atom. The van der Waals surface area contributed by atoms with Gasteiger partial charge in [-0.1, -0.05) is 40.8 Å². The molecular weight excluding hydrogens is 456 g/mol. The highest BCUT2D eigenvalue weighted by molar-refractivity contribution is 7.99. The minimum atomic E-state index is -0.223. The zero-order valence-corrected chi connectivity index (χ0v) is 19.2. The van der Waals surface area contributed by atoms with Gasteiger partial charge in [0.25, 0.3) is 5.56 Å². The van der Waals surface area contributed by atoms with E-state index in [0.29, 0.717) is 39.4 Å². The normalized spacial score (nSPS) is 11.3. The van der Waals surface area contributed by atoms with Gasteiger partial charge in [0, 0.05) is 12.1 Å². The molecule has 0 saturated heterocycles. The number of hydrogen-bond donors (Lipinski definition) is 1. The van der Waals surface area contributed by atoms with Gasteiger partial charge < -0.3 is 10.1 Å². The molecule has 0 spiro atoms. The molecule has 4 rings (SSSR count). The fourth-order valence-corrected chi connectivity index (χ4v) is 5.01. The van der Waals surface area contributed by atoms with Crippen molar-refractivity contribution in [2.24, 2.45) is 0 Å². The number of anilines is 1. The molecule has 0 saturated carbocycles. The summed E-state index contributed by atoms with van der Waals surface area (Å²) >= 11 is 8.68. The van der Waals surface area contributed by atoms with Crippen LogP contribution < -0.4 is 10.9 Å². The summed E-state index contributed by atoms with van der Waals surface area (Å²) in [5.41, 5.74) is 2.29. The first-order valence-electron chi connectivity index (χ1n) is 9.43. The molecule has 2 aromatic heterocycles. The van der Waals surface area contributed by atoms with Crippen LogP contribution in [0.2, 0.25) is 5.02 Å². The van der Waals surface area contributed by atoms with E-state index in [9.17, 15) is 9.59 Å². The number of methoxy groups -OCH3 is 1. The lowest BCUT2D eigenvalue weighted by Crippen LogP contribution is -2.26. The van der Waals surface area contributed by atoms with Gasteiger partial charge >= 0.3 is 0 Å². The highest BCUT2D eigenvalue weighted by Gasteiger charge is 2.15. The molecule has 2 heterocycles. The van der Waals surface area contributed by atoms with Crippen molar-refractivity contribution in [3.05, 3.63) is 57.3 Å². The third-order valence-corrected chi connectivity index (χ3v) is 6.67. The molecule has 0 aliphatic heterocycles. The standard InChI is InChI=1S/C21H19ClN4O3S2/c1-12-3-6-15-17(9-12)31-20(23-15)25-18(27)11-30-21-24-16-10-13(22)4-5-14(16)19(28)26(21)7-8-29-2/h3-6,9-10H,7-8,11H2,1-2H3,(H,23,25,27). The minimum Gasteiger partial charge on any atom is -0.383 e. The van der Waals surface area contributed by atoms with Crippen molar-refractivity contribution in [3.8, 4) is 0 Å². The maximum Gasteiger partial charge on any atom is 0.262 e. The van der Waals surface area contributed by atoms with E-state index in [2.05, 4.69) is 15.3 Å². The molecule has 0 unspecified atom stereocenters. The number of nitrogens with zero attached hydrogens (tertiary/aromatic N) is 3. The van der Waals surface area contributed by atoms with Gasteiger partial charge in [0.15, 0.2) is 10.3 Å². The number of carbonyl (C=O) groups excluding carboxylic acids is 1. The van der Waals surface area contributed by atoms with Crippen LogP contribution in [0.1, 0.15) is 5.56 Å². The van der Waals surface area contributed by atoms with Crippen LogP contribution >= 0.6 is 34.7 Å². The number of benzene rings is 2. The summed E-state index contributed by atoms with van der Waals surface area (Å²) in [5, 5.41) is 4.78. The summed E-state index contributed by atoms with van der Waals surface area (Å²) in [6.45, 7) is 2.70. The predicted octanol–water partition coefficient (Wildman–Crippen LogP) is 4.35. The number of ether oxygens (including phenoxy) is 1. The molecule has 0 aliphatic rings. The molecule has 2 aromatic carbocycles. The van der Waals surface area contributed by atoms with E-state index in [0.717, 1.165) is 15.8 Å². The Labute approximate surface area is 191 Å². The van der Waals surface area contributed by atoms with E-state index < -0.39 is 0 Å². The molecule has 10 heteroatoms. The van der Waals surface area contributed by atoms with Gasteiger partial charge in [0.05, 0.1) is 40.0 Å². The zero-order chi connectivity index (χ0) is 22.0. The largest absolute Gasteiger partial charge is 0.383 e. The number of fused-ring (bicyclic) bond motifs is 2. The highest BCUT2D eigenvalue weighted by Crippen LogP contribution is 2.27. The van der Waals surface area contributed by atoms with Crippen LogP contribution in [0.3, 0.4) is 0 Å².